The Hall–Kier alpha value is -1.71. The zero-order valence-corrected chi connectivity index (χ0v) is 27.6. The molecule has 1 fully saturated rings. The quantitative estimate of drug-likeness (QED) is 0.0948. The number of anilines is 1. The molecule has 1 aromatic rings. The first-order valence-electron chi connectivity index (χ1n) is 16.9. The molecule has 0 aliphatic carbocycles. The Morgan fingerprint density at radius 3 is 1.79 bits per heavy atom. The Kier molecular flexibility index (Phi) is 19.8. The largest absolute Gasteiger partial charge is 0.354 e. The van der Waals surface area contributed by atoms with Crippen LogP contribution in [0.2, 0.25) is 0 Å². The highest BCUT2D eigenvalue weighted by atomic mass is 32.2. The summed E-state index contributed by atoms with van der Waals surface area (Å²) in [6.45, 7) is 8.66. The third-order valence-corrected chi connectivity index (χ3v) is 8.78. The number of hydrogen-bond donors (Lipinski definition) is 1. The van der Waals surface area contributed by atoms with Crippen molar-refractivity contribution >= 4 is 21.8 Å². The minimum atomic E-state index is -3.28. The highest BCUT2D eigenvalue weighted by Gasteiger charge is 2.18. The summed E-state index contributed by atoms with van der Waals surface area (Å²) in [5, 5.41) is 3.06. The van der Waals surface area contributed by atoms with E-state index in [-0.39, 0.29) is 5.91 Å². The van der Waals surface area contributed by atoms with Crippen molar-refractivity contribution in [2.75, 3.05) is 57.0 Å². The molecule has 1 aliphatic rings. The Labute approximate surface area is 257 Å². The molecule has 1 saturated heterocycles. The first-order valence-corrected chi connectivity index (χ1v) is 18.8. The van der Waals surface area contributed by atoms with Gasteiger partial charge in [0.25, 0.3) is 16.0 Å². The fourth-order valence-corrected chi connectivity index (χ4v) is 5.93. The van der Waals surface area contributed by atoms with E-state index in [0.29, 0.717) is 12.2 Å². The van der Waals surface area contributed by atoms with Crippen LogP contribution < -0.4 is 10.2 Å². The minimum Gasteiger partial charge on any atom is -0.354 e. The van der Waals surface area contributed by atoms with Crippen molar-refractivity contribution in [3.63, 3.8) is 0 Å². The molecule has 2 rings (SSSR count). The van der Waals surface area contributed by atoms with Gasteiger partial charge in [0.2, 0.25) is 0 Å². The molecule has 0 unspecified atom stereocenters. The summed E-state index contributed by atoms with van der Waals surface area (Å²) in [6, 6.07) is 3.90. The number of rotatable bonds is 25. The predicted molar refractivity (Wildman–Crippen MR) is 175 cm³/mol. The average molecular weight is 609 g/mol. The maximum absolute atomic E-state index is 12.5. The molecule has 242 valence electrons. The molecule has 1 aliphatic heterocycles. The van der Waals surface area contributed by atoms with E-state index in [1.165, 1.54) is 103 Å². The van der Waals surface area contributed by atoms with E-state index in [9.17, 15) is 13.2 Å². The van der Waals surface area contributed by atoms with Crippen LogP contribution in [0.15, 0.2) is 18.3 Å². The predicted octanol–water partition coefficient (Wildman–Crippen LogP) is 6.95. The number of piperazine rings is 1. The molecule has 2 heterocycles. The lowest BCUT2D eigenvalue weighted by atomic mass is 10.0. The van der Waals surface area contributed by atoms with Gasteiger partial charge < -0.3 is 10.2 Å². The highest BCUT2D eigenvalue weighted by Crippen LogP contribution is 2.16. The highest BCUT2D eigenvalue weighted by molar-refractivity contribution is 7.85. The summed E-state index contributed by atoms with van der Waals surface area (Å²) in [4.78, 5) is 21.9. The summed E-state index contributed by atoms with van der Waals surface area (Å²) in [5.41, 5.74) is 0.648. The smallest absolute Gasteiger partial charge is 0.264 e. The fraction of sp³-hybridized carbons (Fsp3) is 0.818. The number of carbonyl (C=O) groups is 1. The van der Waals surface area contributed by atoms with E-state index in [2.05, 4.69) is 27.0 Å². The molecular weight excluding hydrogens is 548 g/mol. The van der Waals surface area contributed by atoms with Crippen molar-refractivity contribution in [3.8, 4) is 0 Å². The lowest BCUT2D eigenvalue weighted by Gasteiger charge is -2.35. The number of hydrogen-bond acceptors (Lipinski definition) is 7. The van der Waals surface area contributed by atoms with Gasteiger partial charge in [-0.2, -0.15) is 8.42 Å². The summed E-state index contributed by atoms with van der Waals surface area (Å²) in [5.74, 6) is 0.956. The van der Waals surface area contributed by atoms with Gasteiger partial charge in [-0.25, -0.2) is 4.98 Å². The zero-order valence-electron chi connectivity index (χ0n) is 26.8. The Morgan fingerprint density at radius 1 is 0.786 bits per heavy atom. The van der Waals surface area contributed by atoms with Crippen LogP contribution in [0.4, 0.5) is 5.82 Å². The maximum atomic E-state index is 12.5. The fourth-order valence-electron chi connectivity index (χ4n) is 5.51. The van der Waals surface area contributed by atoms with E-state index in [1.54, 1.807) is 6.20 Å². The van der Waals surface area contributed by atoms with Crippen molar-refractivity contribution in [1.82, 2.24) is 15.2 Å². The molecule has 1 aromatic heterocycles. The van der Waals surface area contributed by atoms with Gasteiger partial charge in [-0.15, -0.1) is 0 Å². The van der Waals surface area contributed by atoms with Crippen LogP contribution >= 0.6 is 0 Å². The standard InChI is InChI=1S/C33H60N4O4S/c1-3-4-24-36-25-27-37(28-26-36)32-22-21-31(30-35-32)33(38)34-23-19-17-15-13-11-9-7-5-6-8-10-12-14-16-18-20-29-41-42(2,39)40/h21-22,30H,3-20,23-29H2,1-2H3,(H,34,38). The van der Waals surface area contributed by atoms with Gasteiger partial charge in [0.05, 0.1) is 18.4 Å². The molecule has 8 nitrogen and oxygen atoms in total. The second-order valence-corrected chi connectivity index (χ2v) is 13.7. The van der Waals surface area contributed by atoms with E-state index in [1.807, 2.05) is 12.1 Å². The van der Waals surface area contributed by atoms with Crippen LogP contribution in [0.5, 0.6) is 0 Å². The van der Waals surface area contributed by atoms with Crippen molar-refractivity contribution in [3.05, 3.63) is 23.9 Å². The first-order chi connectivity index (χ1) is 20.4. The van der Waals surface area contributed by atoms with E-state index in [0.717, 1.165) is 64.1 Å². The molecule has 1 N–H and O–H groups in total. The summed E-state index contributed by atoms with van der Waals surface area (Å²) < 4.78 is 26.5. The summed E-state index contributed by atoms with van der Waals surface area (Å²) in [6.07, 6.45) is 25.0. The second kappa shape index (κ2) is 22.8. The van der Waals surface area contributed by atoms with Crippen LogP contribution in [0.25, 0.3) is 0 Å². The van der Waals surface area contributed by atoms with Crippen molar-refractivity contribution in [1.29, 1.82) is 0 Å². The minimum absolute atomic E-state index is 0.0181. The molecule has 9 heteroatoms. The van der Waals surface area contributed by atoms with Crippen LogP contribution in [0.3, 0.4) is 0 Å². The van der Waals surface area contributed by atoms with Crippen LogP contribution in [-0.4, -0.2) is 76.3 Å². The Morgan fingerprint density at radius 2 is 1.31 bits per heavy atom. The number of amides is 1. The van der Waals surface area contributed by atoms with Gasteiger partial charge in [0, 0.05) is 38.9 Å². The Balaban J connectivity index is 1.34. The molecular formula is C33H60N4O4S. The number of nitrogens with one attached hydrogen (secondary N) is 1. The van der Waals surface area contributed by atoms with Gasteiger partial charge in [-0.05, 0) is 37.9 Å². The third-order valence-electron chi connectivity index (χ3n) is 8.19. The second-order valence-electron chi connectivity index (χ2n) is 12.0. The number of pyridine rings is 1. The molecule has 0 spiro atoms. The first kappa shape index (κ1) is 36.5. The lowest BCUT2D eigenvalue weighted by Crippen LogP contribution is -2.46. The van der Waals surface area contributed by atoms with Crippen LogP contribution in [0, 0.1) is 0 Å². The SMILES string of the molecule is CCCCN1CCN(c2ccc(C(=O)NCCCCCCCCCCCCCCCCCCOS(C)(=O)=O)cn2)CC1. The normalized spacial score (nSPS) is 14.4. The van der Waals surface area contributed by atoms with Crippen molar-refractivity contribution in [2.24, 2.45) is 0 Å². The number of unbranched alkanes of at least 4 members (excludes halogenated alkanes) is 16. The molecule has 0 saturated carbocycles. The van der Waals surface area contributed by atoms with Crippen LogP contribution in [0.1, 0.15) is 133 Å². The van der Waals surface area contributed by atoms with E-state index < -0.39 is 10.1 Å². The molecule has 42 heavy (non-hydrogen) atoms. The van der Waals surface area contributed by atoms with Crippen molar-refractivity contribution < 1.29 is 17.4 Å². The van der Waals surface area contributed by atoms with Gasteiger partial charge in [-0.1, -0.05) is 103 Å². The zero-order chi connectivity index (χ0) is 30.3. The average Bonchev–Trinajstić information content (AvgIpc) is 2.98. The molecule has 0 radical (unpaired) electrons. The molecule has 0 atom stereocenters. The summed E-state index contributed by atoms with van der Waals surface area (Å²) >= 11 is 0. The summed E-state index contributed by atoms with van der Waals surface area (Å²) in [7, 11) is -3.28. The Bertz CT molecular complexity index is 918. The topological polar surface area (TPSA) is 91.8 Å². The lowest BCUT2D eigenvalue weighted by molar-refractivity contribution is 0.0952. The van der Waals surface area contributed by atoms with Crippen molar-refractivity contribution in [2.45, 2.75) is 122 Å². The molecule has 0 bridgehead atoms. The van der Waals surface area contributed by atoms with Crippen LogP contribution in [-0.2, 0) is 14.3 Å². The van der Waals surface area contributed by atoms with Gasteiger partial charge in [-0.3, -0.25) is 13.9 Å². The number of carbonyl (C=O) groups excluding carboxylic acids is 1. The monoisotopic (exact) mass is 608 g/mol. The third kappa shape index (κ3) is 18.1. The maximum Gasteiger partial charge on any atom is 0.264 e. The number of aromatic nitrogens is 1. The molecule has 1 amide bonds. The van der Waals surface area contributed by atoms with Gasteiger partial charge >= 0.3 is 0 Å². The van der Waals surface area contributed by atoms with Gasteiger partial charge in [0.1, 0.15) is 5.82 Å². The van der Waals surface area contributed by atoms with E-state index in [4.69, 9.17) is 4.18 Å². The van der Waals surface area contributed by atoms with E-state index >= 15 is 0 Å². The van der Waals surface area contributed by atoms with Gasteiger partial charge in [0.15, 0.2) is 0 Å². The molecule has 0 aromatic carbocycles. The number of nitrogens with zero attached hydrogens (tertiary/aromatic N) is 3.